The van der Waals surface area contributed by atoms with Gasteiger partial charge < -0.3 is 9.64 Å². The van der Waals surface area contributed by atoms with Crippen LogP contribution in [-0.4, -0.2) is 45.4 Å². The van der Waals surface area contributed by atoms with Crippen molar-refractivity contribution in [2.45, 2.75) is 17.9 Å². The van der Waals surface area contributed by atoms with Gasteiger partial charge in [-0.25, -0.2) is 13.4 Å². The Labute approximate surface area is 203 Å². The maximum absolute atomic E-state index is 13.2. The lowest BCUT2D eigenvalue weighted by molar-refractivity contribution is 0.0742. The molecule has 1 atom stereocenters. The first kappa shape index (κ1) is 23.7. The molecule has 0 aliphatic rings. The van der Waals surface area contributed by atoms with Crippen LogP contribution in [0.4, 0.5) is 5.69 Å². The van der Waals surface area contributed by atoms with Gasteiger partial charge in [0, 0.05) is 19.7 Å². The van der Waals surface area contributed by atoms with Crippen LogP contribution in [0.5, 0.6) is 5.75 Å². The molecule has 1 amide bonds. The van der Waals surface area contributed by atoms with E-state index in [1.54, 1.807) is 66.8 Å². The Morgan fingerprint density at radius 3 is 2.38 bits per heavy atom. The SMILES string of the molecule is COc1ccc(N(C)S(=O)(=O)c2cccc(C(=O)N(C)C(C)c3nc4ccccc4s3)c2)cc1. The summed E-state index contributed by atoms with van der Waals surface area (Å²) in [6.45, 7) is 1.91. The number of fused-ring (bicyclic) bond motifs is 1. The minimum absolute atomic E-state index is 0.0395. The van der Waals surface area contributed by atoms with Gasteiger partial charge in [0.1, 0.15) is 10.8 Å². The highest BCUT2D eigenvalue weighted by atomic mass is 32.2. The molecule has 7 nitrogen and oxygen atoms in total. The Kier molecular flexibility index (Phi) is 6.58. The summed E-state index contributed by atoms with van der Waals surface area (Å²) in [6, 6.07) is 20.4. The van der Waals surface area contributed by atoms with E-state index in [9.17, 15) is 13.2 Å². The maximum Gasteiger partial charge on any atom is 0.264 e. The number of carbonyl (C=O) groups excluding carboxylic acids is 1. The van der Waals surface area contributed by atoms with Crippen molar-refractivity contribution >= 4 is 43.2 Å². The molecule has 0 fully saturated rings. The molecule has 176 valence electrons. The summed E-state index contributed by atoms with van der Waals surface area (Å²) in [5.41, 5.74) is 1.67. The van der Waals surface area contributed by atoms with Crippen LogP contribution < -0.4 is 9.04 Å². The van der Waals surface area contributed by atoms with E-state index in [4.69, 9.17) is 4.74 Å². The van der Waals surface area contributed by atoms with E-state index in [1.807, 2.05) is 31.2 Å². The fraction of sp³-hybridized carbons (Fsp3) is 0.200. The summed E-state index contributed by atoms with van der Waals surface area (Å²) < 4.78 is 33.9. The molecule has 9 heteroatoms. The Balaban J connectivity index is 1.58. The number of sulfonamides is 1. The molecule has 0 saturated heterocycles. The van der Waals surface area contributed by atoms with Gasteiger partial charge in [0.25, 0.3) is 15.9 Å². The molecule has 0 spiro atoms. The van der Waals surface area contributed by atoms with Gasteiger partial charge >= 0.3 is 0 Å². The van der Waals surface area contributed by atoms with Crippen LogP contribution in [0.25, 0.3) is 10.2 Å². The van der Waals surface area contributed by atoms with Gasteiger partial charge in [-0.3, -0.25) is 9.10 Å². The maximum atomic E-state index is 13.2. The third-order valence-electron chi connectivity index (χ3n) is 5.74. The van der Waals surface area contributed by atoms with Crippen molar-refractivity contribution in [2.24, 2.45) is 0 Å². The molecule has 0 bridgehead atoms. The Morgan fingerprint density at radius 1 is 1.00 bits per heavy atom. The van der Waals surface area contributed by atoms with E-state index in [0.29, 0.717) is 17.0 Å². The van der Waals surface area contributed by atoms with Crippen LogP contribution in [0.15, 0.2) is 77.7 Å². The Morgan fingerprint density at radius 2 is 1.71 bits per heavy atom. The van der Waals surface area contributed by atoms with Gasteiger partial charge in [0.05, 0.1) is 34.0 Å². The standard InChI is InChI=1S/C25H25N3O4S2/c1-17(24-26-22-10-5-6-11-23(22)33-24)27(2)25(29)18-8-7-9-21(16-18)34(30,31)28(3)19-12-14-20(32-4)15-13-19/h5-17H,1-4H3. The summed E-state index contributed by atoms with van der Waals surface area (Å²) in [7, 11) is 0.854. The van der Waals surface area contributed by atoms with E-state index < -0.39 is 10.0 Å². The largest absolute Gasteiger partial charge is 0.497 e. The monoisotopic (exact) mass is 495 g/mol. The topological polar surface area (TPSA) is 79.8 Å². The normalized spacial score (nSPS) is 12.4. The number of methoxy groups -OCH3 is 1. The minimum Gasteiger partial charge on any atom is -0.497 e. The van der Waals surface area contributed by atoms with Gasteiger partial charge in [-0.2, -0.15) is 0 Å². The van der Waals surface area contributed by atoms with Crippen LogP contribution >= 0.6 is 11.3 Å². The summed E-state index contributed by atoms with van der Waals surface area (Å²) >= 11 is 1.54. The molecule has 0 saturated carbocycles. The third-order valence-corrected chi connectivity index (χ3v) is 8.73. The molecule has 1 unspecified atom stereocenters. The van der Waals surface area contributed by atoms with Gasteiger partial charge in [-0.05, 0) is 61.5 Å². The van der Waals surface area contributed by atoms with Gasteiger partial charge in [0.15, 0.2) is 0 Å². The number of aromatic nitrogens is 1. The second-order valence-corrected chi connectivity index (χ2v) is 10.8. The molecule has 0 radical (unpaired) electrons. The summed E-state index contributed by atoms with van der Waals surface area (Å²) in [4.78, 5) is 19.5. The second kappa shape index (κ2) is 9.44. The molecule has 4 aromatic rings. The number of carbonyl (C=O) groups is 1. The van der Waals surface area contributed by atoms with Crippen LogP contribution in [0, 0.1) is 0 Å². The number of amides is 1. The molecule has 1 aromatic heterocycles. The van der Waals surface area contributed by atoms with Crippen molar-refractivity contribution in [3.8, 4) is 5.75 Å². The number of nitrogens with zero attached hydrogens (tertiary/aromatic N) is 3. The molecule has 0 N–H and O–H groups in total. The Hall–Kier alpha value is -3.43. The smallest absolute Gasteiger partial charge is 0.264 e. The lowest BCUT2D eigenvalue weighted by atomic mass is 10.2. The molecule has 1 heterocycles. The minimum atomic E-state index is -3.87. The van der Waals surface area contributed by atoms with Crippen molar-refractivity contribution in [1.82, 2.24) is 9.88 Å². The number of hydrogen-bond acceptors (Lipinski definition) is 6. The summed E-state index contributed by atoms with van der Waals surface area (Å²) in [6.07, 6.45) is 0. The first-order chi connectivity index (χ1) is 16.2. The Bertz CT molecular complexity index is 1400. The van der Waals surface area contributed by atoms with Gasteiger partial charge in [0.2, 0.25) is 0 Å². The summed E-state index contributed by atoms with van der Waals surface area (Å²) in [5, 5.41) is 0.820. The number of thiazole rings is 1. The van der Waals surface area contributed by atoms with Crippen molar-refractivity contribution in [1.29, 1.82) is 0 Å². The first-order valence-electron chi connectivity index (χ1n) is 10.6. The van der Waals surface area contributed by atoms with Crippen molar-refractivity contribution in [3.05, 3.63) is 83.4 Å². The average Bonchev–Trinajstić information content (AvgIpc) is 3.31. The molecule has 3 aromatic carbocycles. The number of hydrogen-bond donors (Lipinski definition) is 0. The van der Waals surface area contributed by atoms with Crippen molar-refractivity contribution in [3.63, 3.8) is 0 Å². The molecule has 0 aliphatic heterocycles. The molecular weight excluding hydrogens is 470 g/mol. The van der Waals surface area contributed by atoms with Gasteiger partial charge in [-0.15, -0.1) is 11.3 Å². The number of anilines is 1. The van der Waals surface area contributed by atoms with Crippen LogP contribution in [-0.2, 0) is 10.0 Å². The van der Waals surface area contributed by atoms with Crippen LogP contribution in [0.1, 0.15) is 28.3 Å². The fourth-order valence-corrected chi connectivity index (χ4v) is 5.80. The lowest BCUT2D eigenvalue weighted by Gasteiger charge is -2.24. The van der Waals surface area contributed by atoms with E-state index >= 15 is 0 Å². The lowest BCUT2D eigenvalue weighted by Crippen LogP contribution is -2.30. The van der Waals surface area contributed by atoms with E-state index in [-0.39, 0.29) is 16.8 Å². The second-order valence-electron chi connectivity index (χ2n) is 7.81. The van der Waals surface area contributed by atoms with Crippen LogP contribution in [0.3, 0.4) is 0 Å². The number of rotatable bonds is 7. The molecular formula is C25H25N3O4S2. The predicted molar refractivity (Wildman–Crippen MR) is 135 cm³/mol. The average molecular weight is 496 g/mol. The summed E-state index contributed by atoms with van der Waals surface area (Å²) in [5.74, 6) is 0.350. The predicted octanol–water partition coefficient (Wildman–Crippen LogP) is 4.96. The zero-order chi connectivity index (χ0) is 24.5. The van der Waals surface area contributed by atoms with Crippen molar-refractivity contribution < 1.29 is 17.9 Å². The van der Waals surface area contributed by atoms with Gasteiger partial charge in [-0.1, -0.05) is 18.2 Å². The highest BCUT2D eigenvalue weighted by Crippen LogP contribution is 2.30. The molecule has 0 aliphatic carbocycles. The van der Waals surface area contributed by atoms with Crippen molar-refractivity contribution in [2.75, 3.05) is 25.5 Å². The highest BCUT2D eigenvalue weighted by Gasteiger charge is 2.25. The highest BCUT2D eigenvalue weighted by molar-refractivity contribution is 7.92. The van der Waals surface area contributed by atoms with E-state index in [2.05, 4.69) is 4.98 Å². The molecule has 4 rings (SSSR count). The van der Waals surface area contributed by atoms with E-state index in [1.165, 1.54) is 23.5 Å². The number of para-hydroxylation sites is 1. The zero-order valence-corrected chi connectivity index (χ0v) is 20.9. The quantitative estimate of drug-likeness (QED) is 0.362. The molecule has 34 heavy (non-hydrogen) atoms. The first-order valence-corrected chi connectivity index (χ1v) is 12.8. The number of ether oxygens (including phenoxy) is 1. The third kappa shape index (κ3) is 4.49. The zero-order valence-electron chi connectivity index (χ0n) is 19.3. The fourth-order valence-electron chi connectivity index (χ4n) is 3.49. The number of benzene rings is 3. The van der Waals surface area contributed by atoms with Crippen LogP contribution in [0.2, 0.25) is 0 Å². The van der Waals surface area contributed by atoms with E-state index in [0.717, 1.165) is 15.2 Å².